The zero-order valence-corrected chi connectivity index (χ0v) is 17.5. The molecular weight excluding hydrogens is 383 g/mol. The van der Waals surface area contributed by atoms with Crippen LogP contribution in [0.4, 0.5) is 5.69 Å². The third-order valence-electron chi connectivity index (χ3n) is 4.23. The van der Waals surface area contributed by atoms with Crippen molar-refractivity contribution in [3.05, 3.63) is 63.6 Å². The van der Waals surface area contributed by atoms with E-state index in [9.17, 15) is 9.59 Å². The quantitative estimate of drug-likeness (QED) is 0.722. The molecule has 2 aromatic rings. The maximum atomic E-state index is 12.8. The molecule has 1 N–H and O–H groups in total. The number of benzene rings is 2. The van der Waals surface area contributed by atoms with Crippen LogP contribution in [0.2, 0.25) is 10.0 Å². The SMILES string of the molecule is CCN(CC(=O)Nc1c(Cl)cccc1Cl)C(=O)c1ccc(C(C)(C)C)cc1. The minimum absolute atomic E-state index is 0.0140. The normalized spacial score (nSPS) is 11.2. The number of carbonyl (C=O) groups excluding carboxylic acids is 2. The number of hydrogen-bond donors (Lipinski definition) is 1. The summed E-state index contributed by atoms with van der Waals surface area (Å²) in [5.41, 5.74) is 2.06. The van der Waals surface area contributed by atoms with Gasteiger partial charge in [0.1, 0.15) is 6.54 Å². The van der Waals surface area contributed by atoms with E-state index in [1.807, 2.05) is 19.1 Å². The summed E-state index contributed by atoms with van der Waals surface area (Å²) in [5, 5.41) is 3.38. The second-order valence-electron chi connectivity index (χ2n) is 7.29. The lowest BCUT2D eigenvalue weighted by Gasteiger charge is -2.22. The van der Waals surface area contributed by atoms with Crippen molar-refractivity contribution in [3.8, 4) is 0 Å². The Kier molecular flexibility index (Phi) is 6.90. The van der Waals surface area contributed by atoms with Gasteiger partial charge in [0.05, 0.1) is 15.7 Å². The first kappa shape index (κ1) is 21.3. The lowest BCUT2D eigenvalue weighted by atomic mass is 9.86. The fourth-order valence-corrected chi connectivity index (χ4v) is 3.08. The lowest BCUT2D eigenvalue weighted by Crippen LogP contribution is -2.38. The molecule has 0 unspecified atom stereocenters. The summed E-state index contributed by atoms with van der Waals surface area (Å²) in [6.45, 7) is 8.50. The zero-order valence-electron chi connectivity index (χ0n) is 16.0. The molecule has 6 heteroatoms. The van der Waals surface area contributed by atoms with Crippen LogP contribution in [0.3, 0.4) is 0 Å². The average molecular weight is 407 g/mol. The van der Waals surface area contributed by atoms with Crippen molar-refractivity contribution in [1.29, 1.82) is 0 Å². The number of likely N-dealkylation sites (N-methyl/N-ethyl adjacent to an activating group) is 1. The maximum absolute atomic E-state index is 12.8. The number of nitrogens with one attached hydrogen (secondary N) is 1. The van der Waals surface area contributed by atoms with E-state index < -0.39 is 0 Å². The Bertz CT molecular complexity index is 807. The Labute approximate surface area is 170 Å². The van der Waals surface area contributed by atoms with Gasteiger partial charge in [-0.15, -0.1) is 0 Å². The maximum Gasteiger partial charge on any atom is 0.254 e. The number of carbonyl (C=O) groups is 2. The standard InChI is InChI=1S/C21H24Cl2N2O2/c1-5-25(13-18(26)24-19-16(22)7-6-8-17(19)23)20(27)14-9-11-15(12-10-14)21(2,3)4/h6-12H,5,13H2,1-4H3,(H,24,26). The highest BCUT2D eigenvalue weighted by Crippen LogP contribution is 2.29. The van der Waals surface area contributed by atoms with Crippen molar-refractivity contribution in [1.82, 2.24) is 4.90 Å². The Balaban J connectivity index is 2.09. The summed E-state index contributed by atoms with van der Waals surface area (Å²) in [4.78, 5) is 26.6. The minimum Gasteiger partial charge on any atom is -0.330 e. The molecule has 0 heterocycles. The van der Waals surface area contributed by atoms with Gasteiger partial charge in [0.2, 0.25) is 5.91 Å². The Morgan fingerprint density at radius 3 is 2.04 bits per heavy atom. The molecule has 0 aromatic heterocycles. The summed E-state index contributed by atoms with van der Waals surface area (Å²) in [6, 6.07) is 12.5. The molecule has 0 atom stereocenters. The van der Waals surface area contributed by atoms with Crippen LogP contribution in [0.15, 0.2) is 42.5 Å². The van der Waals surface area contributed by atoms with Gasteiger partial charge in [-0.05, 0) is 42.2 Å². The summed E-state index contributed by atoms with van der Waals surface area (Å²) in [5.74, 6) is -0.551. The topological polar surface area (TPSA) is 49.4 Å². The Morgan fingerprint density at radius 1 is 1.00 bits per heavy atom. The summed E-state index contributed by atoms with van der Waals surface area (Å²) in [7, 11) is 0. The summed E-state index contributed by atoms with van der Waals surface area (Å²) >= 11 is 12.1. The minimum atomic E-state index is -0.355. The van der Waals surface area contributed by atoms with Crippen LogP contribution >= 0.6 is 23.2 Å². The van der Waals surface area contributed by atoms with E-state index in [1.165, 1.54) is 4.90 Å². The highest BCUT2D eigenvalue weighted by atomic mass is 35.5. The number of amides is 2. The predicted octanol–water partition coefficient (Wildman–Crippen LogP) is 5.39. The lowest BCUT2D eigenvalue weighted by molar-refractivity contribution is -0.116. The number of para-hydroxylation sites is 1. The Morgan fingerprint density at radius 2 is 1.56 bits per heavy atom. The molecule has 0 bridgehead atoms. The van der Waals surface area contributed by atoms with Crippen LogP contribution in [-0.4, -0.2) is 29.8 Å². The number of anilines is 1. The molecule has 2 amide bonds. The van der Waals surface area contributed by atoms with E-state index in [2.05, 4.69) is 26.1 Å². The van der Waals surface area contributed by atoms with Crippen molar-refractivity contribution in [2.75, 3.05) is 18.4 Å². The molecule has 27 heavy (non-hydrogen) atoms. The van der Waals surface area contributed by atoms with Gasteiger partial charge in [-0.1, -0.05) is 62.2 Å². The fraction of sp³-hybridized carbons (Fsp3) is 0.333. The van der Waals surface area contributed by atoms with Crippen LogP contribution < -0.4 is 5.32 Å². The van der Waals surface area contributed by atoms with Crippen LogP contribution in [-0.2, 0) is 10.2 Å². The molecule has 2 aromatic carbocycles. The van der Waals surface area contributed by atoms with Gasteiger partial charge < -0.3 is 10.2 Å². The van der Waals surface area contributed by atoms with Gasteiger partial charge in [0.15, 0.2) is 0 Å². The second-order valence-corrected chi connectivity index (χ2v) is 8.11. The molecule has 0 aliphatic heterocycles. The third kappa shape index (κ3) is 5.47. The van der Waals surface area contributed by atoms with Crippen molar-refractivity contribution in [2.24, 2.45) is 0 Å². The van der Waals surface area contributed by atoms with E-state index in [1.54, 1.807) is 30.3 Å². The van der Waals surface area contributed by atoms with E-state index in [0.29, 0.717) is 27.8 Å². The Hall–Kier alpha value is -2.04. The number of halogens is 2. The van der Waals surface area contributed by atoms with Crippen LogP contribution in [0.1, 0.15) is 43.6 Å². The fourth-order valence-electron chi connectivity index (χ4n) is 2.59. The van der Waals surface area contributed by atoms with Crippen molar-refractivity contribution >= 4 is 40.7 Å². The smallest absolute Gasteiger partial charge is 0.254 e. The summed E-state index contributed by atoms with van der Waals surface area (Å²) < 4.78 is 0. The molecule has 0 radical (unpaired) electrons. The molecule has 0 saturated carbocycles. The van der Waals surface area contributed by atoms with E-state index in [0.717, 1.165) is 5.56 Å². The molecule has 0 aliphatic carbocycles. The van der Waals surface area contributed by atoms with E-state index in [-0.39, 0.29) is 23.8 Å². The highest BCUT2D eigenvalue weighted by molar-refractivity contribution is 6.39. The van der Waals surface area contributed by atoms with Crippen molar-refractivity contribution in [2.45, 2.75) is 33.1 Å². The van der Waals surface area contributed by atoms with Crippen molar-refractivity contribution < 1.29 is 9.59 Å². The average Bonchev–Trinajstić information content (AvgIpc) is 2.61. The van der Waals surface area contributed by atoms with Gasteiger partial charge in [-0.2, -0.15) is 0 Å². The van der Waals surface area contributed by atoms with E-state index in [4.69, 9.17) is 23.2 Å². The van der Waals surface area contributed by atoms with Gasteiger partial charge in [0.25, 0.3) is 5.91 Å². The number of nitrogens with zero attached hydrogens (tertiary/aromatic N) is 1. The molecule has 0 fully saturated rings. The molecule has 0 spiro atoms. The number of hydrogen-bond acceptors (Lipinski definition) is 2. The predicted molar refractivity (Wildman–Crippen MR) is 112 cm³/mol. The van der Waals surface area contributed by atoms with Crippen LogP contribution in [0, 0.1) is 0 Å². The molecule has 0 aliphatic rings. The second kappa shape index (κ2) is 8.77. The van der Waals surface area contributed by atoms with Gasteiger partial charge in [-0.3, -0.25) is 9.59 Å². The summed E-state index contributed by atoms with van der Waals surface area (Å²) in [6.07, 6.45) is 0. The molecule has 4 nitrogen and oxygen atoms in total. The zero-order chi connectivity index (χ0) is 20.2. The van der Waals surface area contributed by atoms with Crippen LogP contribution in [0.5, 0.6) is 0 Å². The van der Waals surface area contributed by atoms with Gasteiger partial charge >= 0.3 is 0 Å². The molecular formula is C21H24Cl2N2O2. The monoisotopic (exact) mass is 406 g/mol. The largest absolute Gasteiger partial charge is 0.330 e. The first-order valence-electron chi connectivity index (χ1n) is 8.77. The van der Waals surface area contributed by atoms with Crippen molar-refractivity contribution in [3.63, 3.8) is 0 Å². The molecule has 144 valence electrons. The van der Waals surface area contributed by atoms with Gasteiger partial charge in [-0.25, -0.2) is 0 Å². The first-order valence-corrected chi connectivity index (χ1v) is 9.52. The van der Waals surface area contributed by atoms with E-state index >= 15 is 0 Å². The highest BCUT2D eigenvalue weighted by Gasteiger charge is 2.20. The first-order chi connectivity index (χ1) is 12.6. The molecule has 0 saturated heterocycles. The molecule has 2 rings (SSSR count). The van der Waals surface area contributed by atoms with Crippen LogP contribution in [0.25, 0.3) is 0 Å². The third-order valence-corrected chi connectivity index (χ3v) is 4.86. The van der Waals surface area contributed by atoms with Gasteiger partial charge in [0, 0.05) is 12.1 Å². The number of rotatable bonds is 5.